The number of nitrogens with one attached hydrogen (secondary N) is 1. The lowest BCUT2D eigenvalue weighted by Crippen LogP contribution is -2.42. The van der Waals surface area contributed by atoms with Gasteiger partial charge in [0.1, 0.15) is 0 Å². The summed E-state index contributed by atoms with van der Waals surface area (Å²) in [4.78, 5) is 30.9. The summed E-state index contributed by atoms with van der Waals surface area (Å²) >= 11 is 0. The van der Waals surface area contributed by atoms with Crippen LogP contribution in [-0.4, -0.2) is 36.6 Å². The number of amides is 1. The lowest BCUT2D eigenvalue weighted by Gasteiger charge is -2.37. The molecule has 1 aliphatic rings. The molecule has 4 rings (SSSR count). The van der Waals surface area contributed by atoms with Crippen LogP contribution in [0.5, 0.6) is 11.5 Å². The number of aromatic amines is 1. The van der Waals surface area contributed by atoms with E-state index in [1.807, 2.05) is 43.0 Å². The summed E-state index contributed by atoms with van der Waals surface area (Å²) in [6.45, 7) is 6.48. The molecule has 2 heterocycles. The maximum absolute atomic E-state index is 13.2. The first-order valence-corrected chi connectivity index (χ1v) is 10.6. The number of carbonyl (C=O) groups excluding carboxylic acids is 1. The van der Waals surface area contributed by atoms with Crippen LogP contribution in [0.4, 0.5) is 0 Å². The van der Waals surface area contributed by atoms with E-state index in [1.165, 1.54) is 0 Å². The number of carbonyl (C=O) groups is 1. The van der Waals surface area contributed by atoms with E-state index < -0.39 is 6.04 Å². The van der Waals surface area contributed by atoms with Crippen molar-refractivity contribution in [1.82, 2.24) is 9.88 Å². The molecular weight excluding hydrogens is 392 g/mol. The van der Waals surface area contributed by atoms with Crippen LogP contribution in [0.15, 0.2) is 35.1 Å². The summed E-state index contributed by atoms with van der Waals surface area (Å²) in [6, 6.07) is 9.37. The van der Waals surface area contributed by atoms with Gasteiger partial charge in [-0.25, -0.2) is 0 Å². The number of pyridine rings is 1. The Hall–Kier alpha value is -3.28. The van der Waals surface area contributed by atoms with E-state index >= 15 is 0 Å². The van der Waals surface area contributed by atoms with Crippen molar-refractivity contribution in [2.24, 2.45) is 0 Å². The Kier molecular flexibility index (Phi) is 5.48. The summed E-state index contributed by atoms with van der Waals surface area (Å²) < 4.78 is 11.0. The maximum Gasteiger partial charge on any atom is 0.254 e. The number of methoxy groups -OCH3 is 2. The van der Waals surface area contributed by atoms with E-state index in [1.54, 1.807) is 14.2 Å². The van der Waals surface area contributed by atoms with Crippen LogP contribution in [0.3, 0.4) is 0 Å². The molecular formula is C25H28N2O4. The van der Waals surface area contributed by atoms with Crippen molar-refractivity contribution in [1.29, 1.82) is 0 Å². The molecule has 1 aromatic heterocycles. The van der Waals surface area contributed by atoms with E-state index in [9.17, 15) is 9.59 Å². The number of fused-ring (bicyclic) bond motifs is 2. The third-order valence-electron chi connectivity index (χ3n) is 6.28. The summed E-state index contributed by atoms with van der Waals surface area (Å²) in [5.41, 5.74) is 5.42. The second kappa shape index (κ2) is 8.10. The highest BCUT2D eigenvalue weighted by molar-refractivity contribution is 5.82. The van der Waals surface area contributed by atoms with Gasteiger partial charge in [-0.1, -0.05) is 6.92 Å². The van der Waals surface area contributed by atoms with E-state index in [0.29, 0.717) is 36.4 Å². The molecule has 3 aromatic rings. The maximum atomic E-state index is 13.2. The molecule has 6 nitrogen and oxygen atoms in total. The van der Waals surface area contributed by atoms with Crippen LogP contribution < -0.4 is 15.0 Å². The minimum atomic E-state index is -0.481. The number of hydrogen-bond donors (Lipinski definition) is 1. The molecule has 0 unspecified atom stereocenters. The number of nitrogens with zero attached hydrogens (tertiary/aromatic N) is 1. The van der Waals surface area contributed by atoms with Crippen LogP contribution in [0.25, 0.3) is 10.9 Å². The first-order valence-electron chi connectivity index (χ1n) is 10.6. The Bertz CT molecular complexity index is 1230. The van der Waals surface area contributed by atoms with E-state index in [4.69, 9.17) is 9.47 Å². The largest absolute Gasteiger partial charge is 0.493 e. The van der Waals surface area contributed by atoms with E-state index in [2.05, 4.69) is 18.0 Å². The number of rotatable bonds is 4. The summed E-state index contributed by atoms with van der Waals surface area (Å²) in [6.07, 6.45) is 1.07. The van der Waals surface area contributed by atoms with Gasteiger partial charge in [-0.05, 0) is 78.2 Å². The second-order valence-corrected chi connectivity index (χ2v) is 8.08. The molecule has 0 aliphatic carbocycles. The van der Waals surface area contributed by atoms with Gasteiger partial charge in [0.2, 0.25) is 5.91 Å². The molecule has 0 radical (unpaired) electrons. The van der Waals surface area contributed by atoms with Crippen LogP contribution in [0.2, 0.25) is 0 Å². The third kappa shape index (κ3) is 3.56. The highest BCUT2D eigenvalue weighted by atomic mass is 16.5. The molecule has 1 atom stereocenters. The van der Waals surface area contributed by atoms with Crippen LogP contribution in [0.1, 0.15) is 47.2 Å². The van der Waals surface area contributed by atoms with Crippen molar-refractivity contribution in [2.75, 3.05) is 20.8 Å². The summed E-state index contributed by atoms with van der Waals surface area (Å²) in [5, 5.41) is 0.953. The van der Waals surface area contributed by atoms with Crippen LogP contribution >= 0.6 is 0 Å². The zero-order valence-corrected chi connectivity index (χ0v) is 18.7. The Morgan fingerprint density at radius 2 is 1.71 bits per heavy atom. The molecule has 1 amide bonds. The summed E-state index contributed by atoms with van der Waals surface area (Å²) in [7, 11) is 3.20. The molecule has 162 valence electrons. The predicted octanol–water partition coefficient (Wildman–Crippen LogP) is 4.05. The van der Waals surface area contributed by atoms with Crippen molar-refractivity contribution in [3.05, 3.63) is 68.5 Å². The molecule has 2 aromatic carbocycles. The van der Waals surface area contributed by atoms with Crippen molar-refractivity contribution in [3.8, 4) is 11.5 Å². The molecule has 0 saturated carbocycles. The van der Waals surface area contributed by atoms with Crippen molar-refractivity contribution >= 4 is 16.8 Å². The monoisotopic (exact) mass is 420 g/mol. The fourth-order valence-electron chi connectivity index (χ4n) is 4.45. The average molecular weight is 421 g/mol. The van der Waals surface area contributed by atoms with Crippen molar-refractivity contribution in [3.63, 3.8) is 0 Å². The van der Waals surface area contributed by atoms with Gasteiger partial charge in [-0.15, -0.1) is 0 Å². The molecule has 0 fully saturated rings. The number of H-pyrrole nitrogens is 1. The van der Waals surface area contributed by atoms with E-state index in [0.717, 1.165) is 33.2 Å². The van der Waals surface area contributed by atoms with Gasteiger partial charge in [0.15, 0.2) is 11.5 Å². The van der Waals surface area contributed by atoms with Crippen molar-refractivity contribution < 1.29 is 14.3 Å². The predicted molar refractivity (Wildman–Crippen MR) is 121 cm³/mol. The molecule has 0 bridgehead atoms. The number of aromatic nitrogens is 1. The Labute approximate surface area is 181 Å². The van der Waals surface area contributed by atoms with Gasteiger partial charge in [0, 0.05) is 24.0 Å². The zero-order chi connectivity index (χ0) is 22.3. The third-order valence-corrected chi connectivity index (χ3v) is 6.28. The molecule has 6 heteroatoms. The smallest absolute Gasteiger partial charge is 0.254 e. The topological polar surface area (TPSA) is 71.6 Å². The second-order valence-electron chi connectivity index (χ2n) is 8.08. The minimum absolute atomic E-state index is 0.0185. The summed E-state index contributed by atoms with van der Waals surface area (Å²) in [5.74, 6) is 1.25. The standard InChI is InChI=1S/C25H28N2O4/c1-6-23(28)27-8-7-16-12-21(30-4)22(31-5)13-18(16)24(27)19-11-17-9-14(2)15(3)10-20(17)26-25(19)29/h9-13,24H,6-8H2,1-5H3,(H,26,29)/t24-/m0/s1. The van der Waals surface area contributed by atoms with Gasteiger partial charge in [0.25, 0.3) is 5.56 Å². The zero-order valence-electron chi connectivity index (χ0n) is 18.7. The number of ether oxygens (including phenoxy) is 2. The lowest BCUT2D eigenvalue weighted by molar-refractivity contribution is -0.132. The molecule has 0 saturated heterocycles. The van der Waals surface area contributed by atoms with E-state index in [-0.39, 0.29) is 11.5 Å². The van der Waals surface area contributed by atoms with Gasteiger partial charge in [-0.3, -0.25) is 9.59 Å². The normalized spacial score (nSPS) is 15.6. The van der Waals surface area contributed by atoms with Crippen LogP contribution in [-0.2, 0) is 11.2 Å². The fraction of sp³-hybridized carbons (Fsp3) is 0.360. The Morgan fingerprint density at radius 1 is 1.03 bits per heavy atom. The lowest BCUT2D eigenvalue weighted by atomic mass is 9.87. The van der Waals surface area contributed by atoms with Gasteiger partial charge in [-0.2, -0.15) is 0 Å². The minimum Gasteiger partial charge on any atom is -0.493 e. The van der Waals surface area contributed by atoms with Crippen molar-refractivity contribution in [2.45, 2.75) is 39.7 Å². The first-order chi connectivity index (χ1) is 14.9. The number of hydrogen-bond acceptors (Lipinski definition) is 4. The van der Waals surface area contributed by atoms with Crippen LogP contribution in [0, 0.1) is 13.8 Å². The van der Waals surface area contributed by atoms with Gasteiger partial charge < -0.3 is 19.4 Å². The number of aryl methyl sites for hydroxylation is 2. The first kappa shape index (κ1) is 21.0. The highest BCUT2D eigenvalue weighted by Crippen LogP contribution is 2.40. The quantitative estimate of drug-likeness (QED) is 0.691. The fourth-order valence-corrected chi connectivity index (χ4v) is 4.45. The molecule has 1 aliphatic heterocycles. The van der Waals surface area contributed by atoms with Gasteiger partial charge >= 0.3 is 0 Å². The molecule has 0 spiro atoms. The Balaban J connectivity index is 1.98. The average Bonchev–Trinajstić information content (AvgIpc) is 2.77. The molecule has 31 heavy (non-hydrogen) atoms. The highest BCUT2D eigenvalue weighted by Gasteiger charge is 2.34. The number of benzene rings is 2. The SMILES string of the molecule is CCC(=O)N1CCc2cc(OC)c(OC)cc2[C@H]1c1cc2cc(C)c(C)cc2[nH]c1=O. The van der Waals surface area contributed by atoms with Gasteiger partial charge in [0.05, 0.1) is 20.3 Å². The Morgan fingerprint density at radius 3 is 2.39 bits per heavy atom. The molecule has 1 N–H and O–H groups in total.